The van der Waals surface area contributed by atoms with E-state index in [0.29, 0.717) is 26.1 Å². The predicted molar refractivity (Wildman–Crippen MR) is 200 cm³/mol. The van der Waals surface area contributed by atoms with Crippen LogP contribution in [0.5, 0.6) is 0 Å². The lowest BCUT2D eigenvalue weighted by Crippen LogP contribution is -2.27. The van der Waals surface area contributed by atoms with Crippen molar-refractivity contribution in [1.82, 2.24) is 4.90 Å². The quantitative estimate of drug-likeness (QED) is 0.0529. The van der Waals surface area contributed by atoms with E-state index in [2.05, 4.69) is 39.5 Å². The monoisotopic (exact) mass is 668 g/mol. The van der Waals surface area contributed by atoms with Gasteiger partial charge in [-0.15, -0.1) is 0 Å². The number of ether oxygens (including phenoxy) is 2. The molecule has 0 aliphatic rings. The van der Waals surface area contributed by atoms with Gasteiger partial charge in [0, 0.05) is 19.4 Å². The summed E-state index contributed by atoms with van der Waals surface area (Å²) < 4.78 is 11.1. The second-order valence-electron chi connectivity index (χ2n) is 15.5. The molecule has 0 radical (unpaired) electrons. The van der Waals surface area contributed by atoms with Gasteiger partial charge in [0.1, 0.15) is 0 Å². The smallest absolute Gasteiger partial charge is 0.305 e. The fourth-order valence-electron chi connectivity index (χ4n) is 6.12. The molecule has 0 atom stereocenters. The van der Waals surface area contributed by atoms with Crippen LogP contribution in [0.2, 0.25) is 0 Å². The molecule has 0 amide bonds. The fourth-order valence-corrected chi connectivity index (χ4v) is 6.12. The SMILES string of the molecule is CCCCCCCCCC(=O)OCC(C)(C)CCCCCN(CCCCO)CCCCCCCC(=O)OCCCCCCCC(C)C. The maximum Gasteiger partial charge on any atom is 0.305 e. The van der Waals surface area contributed by atoms with E-state index >= 15 is 0 Å². The Morgan fingerprint density at radius 3 is 1.64 bits per heavy atom. The predicted octanol–water partition coefficient (Wildman–Crippen LogP) is 11.2. The van der Waals surface area contributed by atoms with Gasteiger partial charge in [-0.25, -0.2) is 0 Å². The molecule has 1 N–H and O–H groups in total. The lowest BCUT2D eigenvalue weighted by Gasteiger charge is -2.25. The van der Waals surface area contributed by atoms with E-state index in [1.165, 1.54) is 96.3 Å². The van der Waals surface area contributed by atoms with Crippen LogP contribution in [0.25, 0.3) is 0 Å². The topological polar surface area (TPSA) is 76.1 Å². The standard InChI is InChI=1S/C41H81NO5/c1-6-7-8-9-10-14-21-30-40(45)47-37-41(4,5)31-22-18-24-33-42(34-25-26-35-43)32-23-16-11-15-20-29-39(44)46-36-27-17-12-13-19-28-38(2)3/h38,43H,6-37H2,1-5H3. The summed E-state index contributed by atoms with van der Waals surface area (Å²) in [7, 11) is 0. The zero-order valence-corrected chi connectivity index (χ0v) is 32.2. The van der Waals surface area contributed by atoms with Crippen molar-refractivity contribution >= 4 is 11.9 Å². The average molecular weight is 668 g/mol. The van der Waals surface area contributed by atoms with Gasteiger partial charge in [0.25, 0.3) is 0 Å². The number of aliphatic hydroxyl groups excluding tert-OH is 1. The lowest BCUT2D eigenvalue weighted by molar-refractivity contribution is -0.147. The Kier molecular flexibility index (Phi) is 32.6. The highest BCUT2D eigenvalue weighted by Gasteiger charge is 2.20. The van der Waals surface area contributed by atoms with Crippen molar-refractivity contribution in [3.63, 3.8) is 0 Å². The maximum atomic E-state index is 12.2. The molecule has 0 rings (SSSR count). The first kappa shape index (κ1) is 45.9. The number of hydrogen-bond donors (Lipinski definition) is 1. The van der Waals surface area contributed by atoms with Gasteiger partial charge in [0.05, 0.1) is 13.2 Å². The van der Waals surface area contributed by atoms with E-state index in [9.17, 15) is 14.7 Å². The van der Waals surface area contributed by atoms with Gasteiger partial charge >= 0.3 is 11.9 Å². The third-order valence-corrected chi connectivity index (χ3v) is 9.36. The van der Waals surface area contributed by atoms with Crippen LogP contribution in [0.15, 0.2) is 0 Å². The Hall–Kier alpha value is -1.14. The lowest BCUT2D eigenvalue weighted by atomic mass is 9.88. The molecule has 0 aromatic rings. The van der Waals surface area contributed by atoms with Gasteiger partial charge in [-0.05, 0) is 82.3 Å². The Balaban J connectivity index is 3.92. The van der Waals surface area contributed by atoms with Crippen molar-refractivity contribution < 1.29 is 24.2 Å². The van der Waals surface area contributed by atoms with Crippen molar-refractivity contribution in [3.05, 3.63) is 0 Å². The van der Waals surface area contributed by atoms with Gasteiger partial charge in [-0.2, -0.15) is 0 Å². The minimum atomic E-state index is -0.0310. The summed E-state index contributed by atoms with van der Waals surface area (Å²) in [5, 5.41) is 9.24. The van der Waals surface area contributed by atoms with Crippen LogP contribution in [0.1, 0.15) is 202 Å². The third-order valence-electron chi connectivity index (χ3n) is 9.36. The minimum absolute atomic E-state index is 0.0249. The number of esters is 2. The van der Waals surface area contributed by atoms with Crippen molar-refractivity contribution in [2.75, 3.05) is 39.5 Å². The van der Waals surface area contributed by atoms with Crippen LogP contribution < -0.4 is 0 Å². The maximum absolute atomic E-state index is 12.2. The summed E-state index contributed by atoms with van der Waals surface area (Å²) in [6, 6.07) is 0. The highest BCUT2D eigenvalue weighted by molar-refractivity contribution is 5.69. The van der Waals surface area contributed by atoms with Crippen LogP contribution >= 0.6 is 0 Å². The highest BCUT2D eigenvalue weighted by atomic mass is 16.5. The number of carbonyl (C=O) groups excluding carboxylic acids is 2. The van der Waals surface area contributed by atoms with Crippen LogP contribution in [-0.4, -0.2) is 61.4 Å². The second-order valence-corrected chi connectivity index (χ2v) is 15.5. The first-order valence-corrected chi connectivity index (χ1v) is 20.3. The molecule has 0 bridgehead atoms. The zero-order valence-electron chi connectivity index (χ0n) is 32.2. The van der Waals surface area contributed by atoms with E-state index in [4.69, 9.17) is 9.47 Å². The zero-order chi connectivity index (χ0) is 34.9. The first-order chi connectivity index (χ1) is 22.7. The summed E-state index contributed by atoms with van der Waals surface area (Å²) in [6.45, 7) is 15.9. The van der Waals surface area contributed by atoms with Crippen molar-refractivity contribution in [3.8, 4) is 0 Å². The second kappa shape index (κ2) is 33.4. The summed E-state index contributed by atoms with van der Waals surface area (Å²) in [6.07, 6.45) is 29.1. The molecule has 6 heteroatoms. The average Bonchev–Trinajstić information content (AvgIpc) is 3.03. The van der Waals surface area contributed by atoms with Gasteiger partial charge in [-0.1, -0.05) is 137 Å². The Morgan fingerprint density at radius 2 is 1.06 bits per heavy atom. The third kappa shape index (κ3) is 34.5. The van der Waals surface area contributed by atoms with Gasteiger partial charge in [0.15, 0.2) is 0 Å². The molecule has 0 saturated carbocycles. The molecule has 6 nitrogen and oxygen atoms in total. The highest BCUT2D eigenvalue weighted by Crippen LogP contribution is 2.25. The van der Waals surface area contributed by atoms with Crippen LogP contribution in [-0.2, 0) is 19.1 Å². The minimum Gasteiger partial charge on any atom is -0.466 e. The number of unbranched alkanes of at least 4 members (excludes halogenated alkanes) is 17. The molecule has 0 spiro atoms. The normalized spacial score (nSPS) is 11.9. The molecule has 0 aliphatic carbocycles. The molecule has 47 heavy (non-hydrogen) atoms. The number of hydrogen-bond acceptors (Lipinski definition) is 6. The Morgan fingerprint density at radius 1 is 0.596 bits per heavy atom. The van der Waals surface area contributed by atoms with Gasteiger partial charge < -0.3 is 19.5 Å². The molecule has 0 aromatic carbocycles. The molecular weight excluding hydrogens is 586 g/mol. The number of carbonyl (C=O) groups is 2. The van der Waals surface area contributed by atoms with Crippen molar-refractivity contribution in [1.29, 1.82) is 0 Å². The molecule has 0 aromatic heterocycles. The molecule has 0 fully saturated rings. The summed E-state index contributed by atoms with van der Waals surface area (Å²) in [5.74, 6) is 0.743. The van der Waals surface area contributed by atoms with E-state index in [0.717, 1.165) is 83.3 Å². The molecule has 0 aliphatic heterocycles. The molecular formula is C41H81NO5. The largest absolute Gasteiger partial charge is 0.466 e. The molecule has 280 valence electrons. The van der Waals surface area contributed by atoms with E-state index in [1.807, 2.05) is 0 Å². The summed E-state index contributed by atoms with van der Waals surface area (Å²) in [5.41, 5.74) is 0.0278. The summed E-state index contributed by atoms with van der Waals surface area (Å²) in [4.78, 5) is 26.8. The molecule has 0 unspecified atom stereocenters. The van der Waals surface area contributed by atoms with Crippen molar-refractivity contribution in [2.45, 2.75) is 202 Å². The number of aliphatic hydroxyl groups is 1. The first-order valence-electron chi connectivity index (χ1n) is 20.3. The Bertz CT molecular complexity index is 695. The van der Waals surface area contributed by atoms with Crippen LogP contribution in [0, 0.1) is 11.3 Å². The van der Waals surface area contributed by atoms with E-state index in [-0.39, 0.29) is 24.0 Å². The van der Waals surface area contributed by atoms with Crippen molar-refractivity contribution in [2.24, 2.45) is 11.3 Å². The molecule has 0 saturated heterocycles. The van der Waals surface area contributed by atoms with E-state index < -0.39 is 0 Å². The van der Waals surface area contributed by atoms with Crippen LogP contribution in [0.3, 0.4) is 0 Å². The van der Waals surface area contributed by atoms with E-state index in [1.54, 1.807) is 0 Å². The number of nitrogens with zero attached hydrogens (tertiary/aromatic N) is 1. The van der Waals surface area contributed by atoms with Gasteiger partial charge in [0.2, 0.25) is 0 Å². The fraction of sp³-hybridized carbons (Fsp3) is 0.951. The summed E-state index contributed by atoms with van der Waals surface area (Å²) >= 11 is 0. The van der Waals surface area contributed by atoms with Gasteiger partial charge in [-0.3, -0.25) is 9.59 Å². The number of rotatable bonds is 36. The molecule has 0 heterocycles. The Labute approximate surface area is 292 Å². The van der Waals surface area contributed by atoms with Crippen LogP contribution in [0.4, 0.5) is 0 Å².